The molecular formula is C13H24F3N3O. The highest BCUT2D eigenvalue weighted by Gasteiger charge is 2.34. The second-order valence-electron chi connectivity index (χ2n) is 6.41. The molecule has 0 aromatic rings. The minimum absolute atomic E-state index is 0.175. The Morgan fingerprint density at radius 2 is 1.75 bits per heavy atom. The van der Waals surface area contributed by atoms with Crippen LogP contribution in [0.15, 0.2) is 0 Å². The van der Waals surface area contributed by atoms with Crippen LogP contribution in [0.25, 0.3) is 0 Å². The molecule has 1 aliphatic heterocycles. The third-order valence-corrected chi connectivity index (χ3v) is 3.50. The van der Waals surface area contributed by atoms with Crippen LogP contribution in [0, 0.1) is 5.41 Å². The molecule has 1 fully saturated rings. The summed E-state index contributed by atoms with van der Waals surface area (Å²) in [5.41, 5.74) is 5.58. The number of halogens is 3. The smallest absolute Gasteiger partial charge is 0.340 e. The van der Waals surface area contributed by atoms with Crippen molar-refractivity contribution in [3.05, 3.63) is 0 Å². The van der Waals surface area contributed by atoms with E-state index in [1.807, 2.05) is 20.8 Å². The van der Waals surface area contributed by atoms with Crippen molar-refractivity contribution in [2.75, 3.05) is 32.7 Å². The van der Waals surface area contributed by atoms with Crippen LogP contribution in [0.2, 0.25) is 0 Å². The number of rotatable bonds is 2. The topological polar surface area (TPSA) is 49.6 Å². The molecule has 0 radical (unpaired) electrons. The predicted molar refractivity (Wildman–Crippen MR) is 71.1 cm³/mol. The average Bonchev–Trinajstić information content (AvgIpc) is 2.49. The summed E-state index contributed by atoms with van der Waals surface area (Å²) in [6.45, 7) is 6.09. The molecule has 1 aliphatic rings. The molecule has 1 heterocycles. The molecule has 0 aromatic carbocycles. The fourth-order valence-electron chi connectivity index (χ4n) is 2.17. The summed E-state index contributed by atoms with van der Waals surface area (Å²) in [4.78, 5) is 15.2. The first-order valence-corrected chi connectivity index (χ1v) is 6.84. The minimum Gasteiger partial charge on any atom is -0.340 e. The Hall–Kier alpha value is -0.820. The van der Waals surface area contributed by atoms with Gasteiger partial charge in [0.1, 0.15) is 0 Å². The Kier molecular flexibility index (Phi) is 5.43. The van der Waals surface area contributed by atoms with Crippen molar-refractivity contribution in [3.63, 3.8) is 0 Å². The number of nitrogens with two attached hydrogens (primary N) is 1. The second kappa shape index (κ2) is 6.30. The van der Waals surface area contributed by atoms with Crippen LogP contribution in [-0.2, 0) is 4.79 Å². The van der Waals surface area contributed by atoms with Crippen LogP contribution in [0.4, 0.5) is 13.2 Å². The highest BCUT2D eigenvalue weighted by molar-refractivity contribution is 5.82. The molecule has 1 saturated heterocycles. The number of hydrogen-bond donors (Lipinski definition) is 1. The number of nitrogens with zero attached hydrogens (tertiary/aromatic N) is 2. The van der Waals surface area contributed by atoms with Gasteiger partial charge >= 0.3 is 6.18 Å². The second-order valence-corrected chi connectivity index (χ2v) is 6.41. The van der Waals surface area contributed by atoms with Gasteiger partial charge in [-0.25, -0.2) is 0 Å². The lowest BCUT2D eigenvalue weighted by atomic mass is 9.86. The van der Waals surface area contributed by atoms with Gasteiger partial charge in [-0.3, -0.25) is 9.69 Å². The fraction of sp³-hybridized carbons (Fsp3) is 0.923. The molecule has 0 aromatic heterocycles. The zero-order chi connectivity index (χ0) is 15.6. The summed E-state index contributed by atoms with van der Waals surface area (Å²) in [6.07, 6.45) is -3.65. The summed E-state index contributed by atoms with van der Waals surface area (Å²) in [5, 5.41) is 0. The Morgan fingerprint density at radius 1 is 1.15 bits per heavy atom. The quantitative estimate of drug-likeness (QED) is 0.839. The first kappa shape index (κ1) is 17.2. The summed E-state index contributed by atoms with van der Waals surface area (Å²) in [6, 6.07) is -0.628. The van der Waals surface area contributed by atoms with E-state index in [9.17, 15) is 18.0 Å². The zero-order valence-electron chi connectivity index (χ0n) is 12.3. The van der Waals surface area contributed by atoms with E-state index < -0.39 is 18.8 Å². The number of carbonyl (C=O) groups is 1. The van der Waals surface area contributed by atoms with E-state index in [0.717, 1.165) is 0 Å². The van der Waals surface area contributed by atoms with E-state index in [-0.39, 0.29) is 17.9 Å². The van der Waals surface area contributed by atoms with E-state index in [1.54, 1.807) is 4.90 Å². The number of amides is 1. The van der Waals surface area contributed by atoms with Crippen LogP contribution >= 0.6 is 0 Å². The van der Waals surface area contributed by atoms with E-state index in [1.165, 1.54) is 4.90 Å². The molecule has 20 heavy (non-hydrogen) atoms. The van der Waals surface area contributed by atoms with Gasteiger partial charge in [0.15, 0.2) is 0 Å². The molecule has 0 saturated carbocycles. The number of alkyl halides is 3. The Bertz CT molecular complexity index is 339. The highest BCUT2D eigenvalue weighted by atomic mass is 19.4. The number of carbonyl (C=O) groups excluding carboxylic acids is 1. The zero-order valence-corrected chi connectivity index (χ0v) is 12.3. The maximum Gasteiger partial charge on any atom is 0.401 e. The van der Waals surface area contributed by atoms with Crippen molar-refractivity contribution in [1.82, 2.24) is 9.80 Å². The Labute approximate surface area is 118 Å². The van der Waals surface area contributed by atoms with E-state index in [2.05, 4.69) is 0 Å². The normalized spacial score (nSPS) is 20.6. The maximum atomic E-state index is 12.4. The van der Waals surface area contributed by atoms with Gasteiger partial charge in [0.05, 0.1) is 12.6 Å². The van der Waals surface area contributed by atoms with Gasteiger partial charge in [0.25, 0.3) is 0 Å². The molecule has 1 amide bonds. The third kappa shape index (κ3) is 5.28. The van der Waals surface area contributed by atoms with Gasteiger partial charge in [-0.1, -0.05) is 20.8 Å². The first-order chi connectivity index (χ1) is 9.00. The van der Waals surface area contributed by atoms with Crippen LogP contribution < -0.4 is 5.73 Å². The van der Waals surface area contributed by atoms with Gasteiger partial charge in [0.2, 0.25) is 5.91 Å². The summed E-state index contributed by atoms with van der Waals surface area (Å²) < 4.78 is 37.1. The molecule has 4 nitrogen and oxygen atoms in total. The van der Waals surface area contributed by atoms with Gasteiger partial charge in [-0.2, -0.15) is 13.2 Å². The van der Waals surface area contributed by atoms with Crippen LogP contribution in [-0.4, -0.2) is 60.6 Å². The molecule has 0 unspecified atom stereocenters. The third-order valence-electron chi connectivity index (χ3n) is 3.50. The van der Waals surface area contributed by atoms with Crippen LogP contribution in [0.5, 0.6) is 0 Å². The van der Waals surface area contributed by atoms with Gasteiger partial charge in [-0.15, -0.1) is 0 Å². The number of hydrogen-bond acceptors (Lipinski definition) is 3. The van der Waals surface area contributed by atoms with Gasteiger partial charge < -0.3 is 10.6 Å². The standard InChI is InChI=1S/C13H24F3N3O/c1-12(2,3)10(17)11(20)19-6-4-5-18(7-8-19)9-13(14,15)16/h10H,4-9,17H2,1-3H3/t10-/m1/s1. The Balaban J connectivity index is 2.58. The van der Waals surface area contributed by atoms with E-state index in [0.29, 0.717) is 26.1 Å². The molecular weight excluding hydrogens is 271 g/mol. The molecule has 2 N–H and O–H groups in total. The lowest BCUT2D eigenvalue weighted by Gasteiger charge is -2.31. The van der Waals surface area contributed by atoms with Crippen molar-refractivity contribution in [3.8, 4) is 0 Å². The molecule has 7 heteroatoms. The monoisotopic (exact) mass is 295 g/mol. The SMILES string of the molecule is CC(C)(C)[C@H](N)C(=O)N1CCCN(CC(F)(F)F)CC1. The van der Waals surface area contributed by atoms with Crippen LogP contribution in [0.3, 0.4) is 0 Å². The molecule has 0 aliphatic carbocycles. The van der Waals surface area contributed by atoms with Gasteiger partial charge in [0, 0.05) is 26.2 Å². The molecule has 0 spiro atoms. The maximum absolute atomic E-state index is 12.4. The average molecular weight is 295 g/mol. The first-order valence-electron chi connectivity index (χ1n) is 6.84. The molecule has 0 bridgehead atoms. The lowest BCUT2D eigenvalue weighted by Crippen LogP contribution is -2.51. The van der Waals surface area contributed by atoms with Crippen molar-refractivity contribution in [2.24, 2.45) is 11.1 Å². The van der Waals surface area contributed by atoms with E-state index in [4.69, 9.17) is 5.73 Å². The molecule has 1 rings (SSSR count). The van der Waals surface area contributed by atoms with Crippen molar-refractivity contribution in [2.45, 2.75) is 39.4 Å². The minimum atomic E-state index is -4.19. The summed E-state index contributed by atoms with van der Waals surface area (Å²) >= 11 is 0. The highest BCUT2D eigenvalue weighted by Crippen LogP contribution is 2.21. The van der Waals surface area contributed by atoms with E-state index >= 15 is 0 Å². The van der Waals surface area contributed by atoms with Crippen molar-refractivity contribution in [1.29, 1.82) is 0 Å². The van der Waals surface area contributed by atoms with Crippen molar-refractivity contribution < 1.29 is 18.0 Å². The largest absolute Gasteiger partial charge is 0.401 e. The predicted octanol–water partition coefficient (Wildman–Crippen LogP) is 1.46. The lowest BCUT2D eigenvalue weighted by molar-refractivity contribution is -0.145. The fourth-order valence-corrected chi connectivity index (χ4v) is 2.17. The van der Waals surface area contributed by atoms with Crippen LogP contribution in [0.1, 0.15) is 27.2 Å². The Morgan fingerprint density at radius 3 is 2.25 bits per heavy atom. The molecule has 118 valence electrons. The summed E-state index contributed by atoms with van der Waals surface area (Å²) in [7, 11) is 0. The molecule has 1 atom stereocenters. The van der Waals surface area contributed by atoms with Gasteiger partial charge in [-0.05, 0) is 11.8 Å². The summed E-state index contributed by atoms with van der Waals surface area (Å²) in [5.74, 6) is -0.175. The van der Waals surface area contributed by atoms with Crippen molar-refractivity contribution >= 4 is 5.91 Å².